The molecule has 0 saturated carbocycles. The highest BCUT2D eigenvalue weighted by Gasteiger charge is 2.02. The molecule has 1 heteroatoms. The maximum absolute atomic E-state index is 3.23. The van der Waals surface area contributed by atoms with Crippen LogP contribution in [0.5, 0.6) is 0 Å². The van der Waals surface area contributed by atoms with Gasteiger partial charge in [0.05, 0.1) is 0 Å². The lowest BCUT2D eigenvalue weighted by Crippen LogP contribution is -1.88. The van der Waals surface area contributed by atoms with Crippen molar-refractivity contribution in [2.24, 2.45) is 0 Å². The topological polar surface area (TPSA) is 15.8 Å². The van der Waals surface area contributed by atoms with Crippen LogP contribution in [-0.2, 0) is 0 Å². The minimum atomic E-state index is 1.19. The standard InChI is InChI=1S/C13H15N.2C2H6/c1-9-7-12(8-10(2)11(9)3)13-5-4-6-14-13;2*1-2/h4-8,14H,1-3H3;2*1-2H3. The zero-order chi connectivity index (χ0) is 14.1. The SMILES string of the molecule is CC.CC.Cc1cc(-c2ccc[nH]2)cc(C)c1C. The summed E-state index contributed by atoms with van der Waals surface area (Å²) in [7, 11) is 0. The van der Waals surface area contributed by atoms with Gasteiger partial charge in [0.2, 0.25) is 0 Å². The number of nitrogens with one attached hydrogen (secondary N) is 1. The van der Waals surface area contributed by atoms with E-state index in [0.717, 1.165) is 0 Å². The molecule has 0 spiro atoms. The van der Waals surface area contributed by atoms with E-state index in [4.69, 9.17) is 0 Å². The van der Waals surface area contributed by atoms with Crippen LogP contribution in [0.25, 0.3) is 11.3 Å². The molecule has 1 N–H and O–H groups in total. The van der Waals surface area contributed by atoms with Gasteiger partial charge in [-0.25, -0.2) is 0 Å². The van der Waals surface area contributed by atoms with E-state index >= 15 is 0 Å². The number of aromatic amines is 1. The third kappa shape index (κ3) is 4.06. The fourth-order valence-electron chi connectivity index (χ4n) is 1.70. The van der Waals surface area contributed by atoms with Crippen LogP contribution < -0.4 is 0 Å². The summed E-state index contributed by atoms with van der Waals surface area (Å²) < 4.78 is 0. The van der Waals surface area contributed by atoms with Gasteiger partial charge in [-0.2, -0.15) is 0 Å². The van der Waals surface area contributed by atoms with Gasteiger partial charge in [0.25, 0.3) is 0 Å². The normalized spacial score (nSPS) is 8.83. The van der Waals surface area contributed by atoms with Gasteiger partial charge in [-0.05, 0) is 67.3 Å². The molecule has 1 aromatic carbocycles. The second kappa shape index (κ2) is 8.57. The Morgan fingerprint density at radius 3 is 1.72 bits per heavy atom. The fourth-order valence-corrected chi connectivity index (χ4v) is 1.70. The second-order valence-electron chi connectivity index (χ2n) is 3.82. The van der Waals surface area contributed by atoms with E-state index in [-0.39, 0.29) is 0 Å². The summed E-state index contributed by atoms with van der Waals surface area (Å²) in [6, 6.07) is 8.59. The molecule has 0 aliphatic rings. The third-order valence-electron chi connectivity index (χ3n) is 2.84. The van der Waals surface area contributed by atoms with Crippen molar-refractivity contribution in [3.8, 4) is 11.3 Å². The smallest absolute Gasteiger partial charge is 0.0454 e. The van der Waals surface area contributed by atoms with Crippen molar-refractivity contribution in [2.75, 3.05) is 0 Å². The van der Waals surface area contributed by atoms with Crippen molar-refractivity contribution in [1.82, 2.24) is 4.98 Å². The number of aryl methyl sites for hydroxylation is 2. The molecule has 0 atom stereocenters. The largest absolute Gasteiger partial charge is 0.361 e. The van der Waals surface area contributed by atoms with Crippen LogP contribution in [0.15, 0.2) is 30.5 Å². The van der Waals surface area contributed by atoms with Crippen LogP contribution in [0.4, 0.5) is 0 Å². The Balaban J connectivity index is 0.000000659. The van der Waals surface area contributed by atoms with Crippen molar-refractivity contribution in [1.29, 1.82) is 0 Å². The van der Waals surface area contributed by atoms with Gasteiger partial charge in [0.1, 0.15) is 0 Å². The van der Waals surface area contributed by atoms with Crippen LogP contribution in [0, 0.1) is 20.8 Å². The zero-order valence-electron chi connectivity index (χ0n) is 12.9. The van der Waals surface area contributed by atoms with Gasteiger partial charge in [0.15, 0.2) is 0 Å². The van der Waals surface area contributed by atoms with Gasteiger partial charge < -0.3 is 4.98 Å². The Hall–Kier alpha value is -1.50. The predicted molar refractivity (Wildman–Crippen MR) is 83.1 cm³/mol. The summed E-state index contributed by atoms with van der Waals surface area (Å²) in [4.78, 5) is 3.23. The maximum atomic E-state index is 3.23. The molecular weight excluding hydrogens is 218 g/mol. The molecule has 0 saturated heterocycles. The van der Waals surface area contributed by atoms with Gasteiger partial charge in [-0.1, -0.05) is 27.7 Å². The Bertz CT molecular complexity index is 416. The Labute approximate surface area is 112 Å². The number of hydrogen-bond acceptors (Lipinski definition) is 0. The van der Waals surface area contributed by atoms with Crippen LogP contribution in [-0.4, -0.2) is 4.98 Å². The lowest BCUT2D eigenvalue weighted by Gasteiger charge is -2.07. The molecule has 0 amide bonds. The Morgan fingerprint density at radius 1 is 0.833 bits per heavy atom. The summed E-state index contributed by atoms with van der Waals surface area (Å²) in [6.07, 6.45) is 1.96. The van der Waals surface area contributed by atoms with Crippen LogP contribution in [0.1, 0.15) is 44.4 Å². The van der Waals surface area contributed by atoms with E-state index in [0.29, 0.717) is 0 Å². The zero-order valence-corrected chi connectivity index (χ0v) is 12.9. The molecule has 1 aromatic heterocycles. The lowest BCUT2D eigenvalue weighted by molar-refractivity contribution is 1.26. The van der Waals surface area contributed by atoms with Crippen LogP contribution >= 0.6 is 0 Å². The highest BCUT2D eigenvalue weighted by molar-refractivity contribution is 5.62. The first-order valence-electron chi connectivity index (χ1n) is 6.90. The molecular formula is C17H27N. The summed E-state index contributed by atoms with van der Waals surface area (Å²) in [6.45, 7) is 14.5. The fraction of sp³-hybridized carbons (Fsp3) is 0.412. The Kier molecular flexibility index (Phi) is 7.86. The second-order valence-corrected chi connectivity index (χ2v) is 3.82. The average Bonchev–Trinajstić information content (AvgIpc) is 2.94. The van der Waals surface area contributed by atoms with E-state index in [9.17, 15) is 0 Å². The minimum absolute atomic E-state index is 1.19. The molecule has 1 nitrogen and oxygen atoms in total. The van der Waals surface area contributed by atoms with Crippen molar-refractivity contribution in [3.05, 3.63) is 47.2 Å². The van der Waals surface area contributed by atoms with Crippen LogP contribution in [0.3, 0.4) is 0 Å². The number of aromatic nitrogens is 1. The first-order valence-corrected chi connectivity index (χ1v) is 6.90. The van der Waals surface area contributed by atoms with Gasteiger partial charge in [-0.3, -0.25) is 0 Å². The molecule has 2 rings (SSSR count). The predicted octanol–water partition coefficient (Wildman–Crippen LogP) is 5.66. The van der Waals surface area contributed by atoms with E-state index < -0.39 is 0 Å². The number of H-pyrrole nitrogens is 1. The van der Waals surface area contributed by atoms with Crippen molar-refractivity contribution < 1.29 is 0 Å². The molecule has 0 aliphatic heterocycles. The third-order valence-corrected chi connectivity index (χ3v) is 2.84. The molecule has 0 bridgehead atoms. The first-order chi connectivity index (χ1) is 8.68. The first kappa shape index (κ1) is 16.5. The molecule has 100 valence electrons. The van der Waals surface area contributed by atoms with Gasteiger partial charge in [0, 0.05) is 11.9 Å². The van der Waals surface area contributed by atoms with E-state index in [1.165, 1.54) is 27.9 Å². The quantitative estimate of drug-likeness (QED) is 0.667. The Morgan fingerprint density at radius 2 is 1.33 bits per heavy atom. The molecule has 0 fully saturated rings. The molecule has 2 aromatic rings. The number of rotatable bonds is 1. The van der Waals surface area contributed by atoms with Crippen molar-refractivity contribution in [3.63, 3.8) is 0 Å². The van der Waals surface area contributed by atoms with E-state index in [1.54, 1.807) is 0 Å². The maximum Gasteiger partial charge on any atom is 0.0454 e. The van der Waals surface area contributed by atoms with Crippen LogP contribution in [0.2, 0.25) is 0 Å². The summed E-state index contributed by atoms with van der Waals surface area (Å²) >= 11 is 0. The van der Waals surface area contributed by atoms with Crippen molar-refractivity contribution >= 4 is 0 Å². The monoisotopic (exact) mass is 245 g/mol. The van der Waals surface area contributed by atoms with Gasteiger partial charge in [-0.15, -0.1) is 0 Å². The summed E-state index contributed by atoms with van der Waals surface area (Å²) in [5, 5.41) is 0. The average molecular weight is 245 g/mol. The van der Waals surface area contributed by atoms with Gasteiger partial charge >= 0.3 is 0 Å². The lowest BCUT2D eigenvalue weighted by atomic mass is 9.99. The number of hydrogen-bond donors (Lipinski definition) is 1. The van der Waals surface area contributed by atoms with E-state index in [1.807, 2.05) is 40.0 Å². The number of benzene rings is 1. The minimum Gasteiger partial charge on any atom is -0.361 e. The summed E-state index contributed by atoms with van der Waals surface area (Å²) in [5.74, 6) is 0. The molecule has 18 heavy (non-hydrogen) atoms. The molecule has 1 heterocycles. The highest BCUT2D eigenvalue weighted by Crippen LogP contribution is 2.23. The van der Waals surface area contributed by atoms with Crippen molar-refractivity contribution in [2.45, 2.75) is 48.5 Å². The molecule has 0 aliphatic carbocycles. The molecule has 0 radical (unpaired) electrons. The summed E-state index contributed by atoms with van der Waals surface area (Å²) in [5.41, 5.74) is 6.57. The highest BCUT2D eigenvalue weighted by atomic mass is 14.7. The molecule has 0 unspecified atom stereocenters. The van der Waals surface area contributed by atoms with E-state index in [2.05, 4.69) is 44.0 Å².